The lowest BCUT2D eigenvalue weighted by atomic mass is 10.0. The normalized spacial score (nSPS) is 16.7. The molecule has 1 unspecified atom stereocenters. The number of rotatable bonds is 8. The summed E-state index contributed by atoms with van der Waals surface area (Å²) < 4.78 is 0. The summed E-state index contributed by atoms with van der Waals surface area (Å²) >= 11 is 0. The molecule has 0 saturated heterocycles. The van der Waals surface area contributed by atoms with E-state index in [1.165, 1.54) is 12.0 Å². The van der Waals surface area contributed by atoms with Crippen LogP contribution in [0.15, 0.2) is 72.8 Å². The molecule has 0 radical (unpaired) electrons. The third-order valence-corrected chi connectivity index (χ3v) is 3.84. The van der Waals surface area contributed by atoms with Gasteiger partial charge in [-0.05, 0) is 49.8 Å². The van der Waals surface area contributed by atoms with Crippen LogP contribution >= 0.6 is 0 Å². The second-order valence-electron chi connectivity index (χ2n) is 5.72. The Hall–Kier alpha value is -1.76. The molecule has 1 atom stereocenters. The molecular weight excluding hydrogens is 254 g/mol. The van der Waals surface area contributed by atoms with Crippen LogP contribution in [0.4, 0.5) is 0 Å². The van der Waals surface area contributed by atoms with Gasteiger partial charge >= 0.3 is 0 Å². The van der Waals surface area contributed by atoms with Crippen molar-refractivity contribution < 1.29 is 0 Å². The van der Waals surface area contributed by atoms with Crippen molar-refractivity contribution in [2.75, 3.05) is 0 Å². The van der Waals surface area contributed by atoms with Crippen molar-refractivity contribution in [3.05, 3.63) is 72.8 Å². The molecule has 0 aromatic carbocycles. The maximum atomic E-state index is 4.28. The van der Waals surface area contributed by atoms with Gasteiger partial charge in [0.2, 0.25) is 0 Å². The van der Waals surface area contributed by atoms with Gasteiger partial charge in [0.05, 0.1) is 0 Å². The van der Waals surface area contributed by atoms with E-state index in [4.69, 9.17) is 0 Å². The van der Waals surface area contributed by atoms with Gasteiger partial charge in [-0.25, -0.2) is 0 Å². The van der Waals surface area contributed by atoms with Crippen molar-refractivity contribution in [1.82, 2.24) is 4.90 Å². The fraction of sp³-hybridized carbons (Fsp3) is 0.400. The monoisotopic (exact) mass is 283 g/mol. The first-order valence-corrected chi connectivity index (χ1v) is 7.88. The Morgan fingerprint density at radius 2 is 2.24 bits per heavy atom. The second-order valence-corrected chi connectivity index (χ2v) is 5.72. The first-order chi connectivity index (χ1) is 10.1. The molecule has 1 aliphatic rings. The molecule has 0 aromatic rings. The molecule has 1 aliphatic carbocycles. The molecule has 0 spiro atoms. The van der Waals surface area contributed by atoms with Crippen LogP contribution in [0.3, 0.4) is 0 Å². The zero-order valence-corrected chi connectivity index (χ0v) is 13.8. The minimum atomic E-state index is 0.654. The molecule has 1 heteroatoms. The predicted molar refractivity (Wildman–Crippen MR) is 94.6 cm³/mol. The van der Waals surface area contributed by atoms with Gasteiger partial charge in [-0.15, -0.1) is 0 Å². The Balaban J connectivity index is 2.86. The highest BCUT2D eigenvalue weighted by molar-refractivity contribution is 5.29. The smallest absolute Gasteiger partial charge is 0.0191 e. The minimum Gasteiger partial charge on any atom is -0.326 e. The van der Waals surface area contributed by atoms with Crippen LogP contribution in [-0.2, 0) is 0 Å². The summed E-state index contributed by atoms with van der Waals surface area (Å²) in [6.45, 7) is 14.7. The van der Waals surface area contributed by atoms with Crippen LogP contribution in [-0.4, -0.2) is 4.90 Å². The Morgan fingerprint density at radius 1 is 1.48 bits per heavy atom. The molecule has 0 aromatic heterocycles. The van der Waals surface area contributed by atoms with Gasteiger partial charge in [-0.2, -0.15) is 0 Å². The van der Waals surface area contributed by atoms with E-state index in [1.807, 2.05) is 12.2 Å². The van der Waals surface area contributed by atoms with Gasteiger partial charge in [-0.3, -0.25) is 0 Å². The molecule has 21 heavy (non-hydrogen) atoms. The Morgan fingerprint density at radius 3 is 2.81 bits per heavy atom. The van der Waals surface area contributed by atoms with Crippen molar-refractivity contribution in [3.8, 4) is 0 Å². The summed E-state index contributed by atoms with van der Waals surface area (Å²) in [7, 11) is 0. The quantitative estimate of drug-likeness (QED) is 0.485. The fourth-order valence-corrected chi connectivity index (χ4v) is 2.30. The standard InChI is InChI=1S/C20H29N/c1-6-11-18(4)21(19(5)16-17(3)7-2)15-14-20-12-9-8-10-13-20/h6,8-9,11-12,14-15,17H,1,5,7,10,13,16H2,2-4H3. The predicted octanol–water partition coefficient (Wildman–Crippen LogP) is 6.12. The van der Waals surface area contributed by atoms with Gasteiger partial charge in [0.25, 0.3) is 0 Å². The molecule has 1 rings (SSSR count). The molecule has 0 heterocycles. The van der Waals surface area contributed by atoms with Crippen LogP contribution in [0, 0.1) is 5.92 Å². The molecule has 0 aliphatic heterocycles. The number of allylic oxidation sites excluding steroid dienone is 9. The molecule has 0 amide bonds. The van der Waals surface area contributed by atoms with Crippen molar-refractivity contribution in [1.29, 1.82) is 0 Å². The summed E-state index contributed by atoms with van der Waals surface area (Å²) in [5, 5.41) is 0. The van der Waals surface area contributed by atoms with Crippen LogP contribution in [0.2, 0.25) is 0 Å². The van der Waals surface area contributed by atoms with Crippen LogP contribution in [0.1, 0.15) is 46.5 Å². The van der Waals surface area contributed by atoms with Crippen molar-refractivity contribution in [2.24, 2.45) is 5.92 Å². The largest absolute Gasteiger partial charge is 0.326 e. The molecule has 0 fully saturated rings. The van der Waals surface area contributed by atoms with E-state index in [1.54, 1.807) is 0 Å². The highest BCUT2D eigenvalue weighted by Gasteiger charge is 2.10. The van der Waals surface area contributed by atoms with Crippen LogP contribution < -0.4 is 0 Å². The van der Waals surface area contributed by atoms with E-state index in [9.17, 15) is 0 Å². The Labute approximate surface area is 130 Å². The minimum absolute atomic E-state index is 0.654. The molecule has 0 bridgehead atoms. The summed E-state index contributed by atoms with van der Waals surface area (Å²) in [5.41, 5.74) is 3.66. The van der Waals surface area contributed by atoms with Gasteiger partial charge in [0, 0.05) is 17.6 Å². The SMILES string of the molecule is C=CC=C(C)N(C=CC1=CC=CCC1)C(=C)CC(C)CC. The first-order valence-electron chi connectivity index (χ1n) is 7.88. The van der Waals surface area contributed by atoms with Crippen LogP contribution in [0.5, 0.6) is 0 Å². The number of hydrogen-bond donors (Lipinski definition) is 0. The maximum absolute atomic E-state index is 4.28. The zero-order chi connectivity index (χ0) is 15.7. The van der Waals surface area contributed by atoms with E-state index in [2.05, 4.69) is 69.3 Å². The average Bonchev–Trinajstić information content (AvgIpc) is 2.48. The van der Waals surface area contributed by atoms with E-state index < -0.39 is 0 Å². The lowest BCUT2D eigenvalue weighted by molar-refractivity contribution is 0.469. The third-order valence-electron chi connectivity index (χ3n) is 3.84. The lowest BCUT2D eigenvalue weighted by Crippen LogP contribution is -2.15. The fourth-order valence-electron chi connectivity index (χ4n) is 2.30. The molecule has 1 nitrogen and oxygen atoms in total. The van der Waals surface area contributed by atoms with E-state index in [-0.39, 0.29) is 0 Å². The molecule has 0 saturated carbocycles. The van der Waals surface area contributed by atoms with Gasteiger partial charge in [-0.1, -0.05) is 57.7 Å². The topological polar surface area (TPSA) is 3.24 Å². The van der Waals surface area contributed by atoms with Crippen LogP contribution in [0.25, 0.3) is 0 Å². The Kier molecular flexibility index (Phi) is 7.60. The summed E-state index contributed by atoms with van der Waals surface area (Å²) in [5.74, 6) is 0.654. The molecule has 0 N–H and O–H groups in total. The highest BCUT2D eigenvalue weighted by Crippen LogP contribution is 2.22. The van der Waals surface area contributed by atoms with Crippen molar-refractivity contribution in [2.45, 2.75) is 46.5 Å². The average molecular weight is 283 g/mol. The van der Waals surface area contributed by atoms with Gasteiger partial charge in [0.1, 0.15) is 0 Å². The van der Waals surface area contributed by atoms with E-state index in [0.717, 1.165) is 30.7 Å². The summed E-state index contributed by atoms with van der Waals surface area (Å²) in [4.78, 5) is 2.19. The summed E-state index contributed by atoms with van der Waals surface area (Å²) in [6, 6.07) is 0. The zero-order valence-electron chi connectivity index (χ0n) is 13.8. The molecule has 114 valence electrons. The van der Waals surface area contributed by atoms with E-state index >= 15 is 0 Å². The first kappa shape index (κ1) is 17.3. The number of hydrogen-bond acceptors (Lipinski definition) is 1. The van der Waals surface area contributed by atoms with Crippen molar-refractivity contribution >= 4 is 0 Å². The summed E-state index contributed by atoms with van der Waals surface area (Å²) in [6.07, 6.45) is 19.2. The highest BCUT2D eigenvalue weighted by atomic mass is 15.1. The lowest BCUT2D eigenvalue weighted by Gasteiger charge is -2.25. The van der Waals surface area contributed by atoms with Crippen molar-refractivity contribution in [3.63, 3.8) is 0 Å². The van der Waals surface area contributed by atoms with E-state index in [0.29, 0.717) is 5.92 Å². The van der Waals surface area contributed by atoms with Gasteiger partial charge < -0.3 is 4.90 Å². The third kappa shape index (κ3) is 6.03. The Bertz CT molecular complexity index is 474. The second kappa shape index (κ2) is 9.23. The van der Waals surface area contributed by atoms with Gasteiger partial charge in [0.15, 0.2) is 0 Å². The number of nitrogens with zero attached hydrogens (tertiary/aromatic N) is 1. The maximum Gasteiger partial charge on any atom is 0.0191 e. The molecular formula is C20H29N.